The summed E-state index contributed by atoms with van der Waals surface area (Å²) in [6.45, 7) is 10.1. The van der Waals surface area contributed by atoms with Gasteiger partial charge >= 0.3 is 0 Å². The molecule has 0 spiro atoms. The zero-order valence-electron chi connectivity index (χ0n) is 19.6. The van der Waals surface area contributed by atoms with Crippen LogP contribution in [0.4, 0.5) is 5.13 Å². The van der Waals surface area contributed by atoms with Gasteiger partial charge in [0.05, 0.1) is 5.69 Å². The number of likely N-dealkylation sites (tertiary alicyclic amines) is 1. The molecule has 1 aliphatic rings. The number of rotatable bonds is 6. The molecule has 33 heavy (non-hydrogen) atoms. The molecule has 2 aromatic heterocycles. The van der Waals surface area contributed by atoms with Crippen LogP contribution < -0.4 is 5.32 Å². The topological polar surface area (TPSA) is 58.1 Å². The van der Waals surface area contributed by atoms with E-state index in [1.807, 2.05) is 34.5 Å². The zero-order chi connectivity index (χ0) is 23.6. The van der Waals surface area contributed by atoms with Gasteiger partial charge in [0.2, 0.25) is 5.91 Å². The van der Waals surface area contributed by atoms with Gasteiger partial charge in [-0.1, -0.05) is 51.4 Å². The molecule has 1 unspecified atom stereocenters. The van der Waals surface area contributed by atoms with Crippen molar-refractivity contribution in [2.24, 2.45) is 11.3 Å². The molecule has 0 radical (unpaired) electrons. The number of benzene rings is 1. The van der Waals surface area contributed by atoms with Gasteiger partial charge in [-0.15, -0.1) is 11.3 Å². The maximum absolute atomic E-state index is 13.6. The summed E-state index contributed by atoms with van der Waals surface area (Å²) in [4.78, 5) is 24.5. The fourth-order valence-electron chi connectivity index (χ4n) is 4.69. The van der Waals surface area contributed by atoms with E-state index >= 15 is 0 Å². The minimum absolute atomic E-state index is 0.0298. The van der Waals surface area contributed by atoms with Crippen molar-refractivity contribution in [1.82, 2.24) is 14.9 Å². The Morgan fingerprint density at radius 1 is 1.24 bits per heavy atom. The lowest BCUT2D eigenvalue weighted by Gasteiger charge is -2.45. The Labute approximate surface area is 205 Å². The van der Waals surface area contributed by atoms with Crippen LogP contribution in [0.15, 0.2) is 54.2 Å². The predicted molar refractivity (Wildman–Crippen MR) is 137 cm³/mol. The number of carbonyl (C=O) groups excluding carboxylic acids is 1. The van der Waals surface area contributed by atoms with Crippen molar-refractivity contribution in [3.63, 3.8) is 0 Å². The van der Waals surface area contributed by atoms with Crippen LogP contribution >= 0.6 is 22.9 Å². The van der Waals surface area contributed by atoms with Gasteiger partial charge in [0.15, 0.2) is 5.13 Å². The first kappa shape index (κ1) is 23.7. The first-order valence-electron chi connectivity index (χ1n) is 11.4. The molecule has 5 nitrogen and oxygen atoms in total. The summed E-state index contributed by atoms with van der Waals surface area (Å²) in [7, 11) is 0. The second-order valence-electron chi connectivity index (χ2n) is 9.79. The molecule has 1 aromatic carbocycles. The highest BCUT2D eigenvalue weighted by atomic mass is 35.5. The number of anilines is 1. The molecule has 7 heteroatoms. The van der Waals surface area contributed by atoms with Crippen LogP contribution in [-0.2, 0) is 4.79 Å². The second-order valence-corrected chi connectivity index (χ2v) is 11.1. The lowest BCUT2D eigenvalue weighted by Crippen LogP contribution is -2.53. The minimum Gasteiger partial charge on any atom is -0.349 e. The molecule has 1 fully saturated rings. The SMILES string of the molecule is CC(C)[C@@H](Nc1nc(-c2cccnc2)cs1)C(=O)N1CCC(c2ccc(Cl)cc2)C(C)(C)C1. The summed E-state index contributed by atoms with van der Waals surface area (Å²) in [6.07, 6.45) is 4.49. The number of amides is 1. The van der Waals surface area contributed by atoms with Crippen LogP contribution in [0.25, 0.3) is 11.3 Å². The first-order chi connectivity index (χ1) is 15.7. The number of carbonyl (C=O) groups is 1. The van der Waals surface area contributed by atoms with Crippen LogP contribution in [0.1, 0.15) is 45.6 Å². The second kappa shape index (κ2) is 9.82. The Bertz CT molecular complexity index is 1080. The fourth-order valence-corrected chi connectivity index (χ4v) is 5.57. The molecular weight excluding hydrogens is 452 g/mol. The van der Waals surface area contributed by atoms with E-state index in [-0.39, 0.29) is 23.3 Å². The summed E-state index contributed by atoms with van der Waals surface area (Å²) in [5, 5.41) is 6.94. The van der Waals surface area contributed by atoms with Gasteiger partial charge in [0.25, 0.3) is 0 Å². The van der Waals surface area contributed by atoms with E-state index < -0.39 is 0 Å². The van der Waals surface area contributed by atoms with Crippen molar-refractivity contribution in [1.29, 1.82) is 0 Å². The number of hydrogen-bond donors (Lipinski definition) is 1. The van der Waals surface area contributed by atoms with Gasteiger partial charge in [-0.3, -0.25) is 9.78 Å². The number of aromatic nitrogens is 2. The maximum atomic E-state index is 13.6. The molecule has 2 atom stereocenters. The number of piperidine rings is 1. The van der Waals surface area contributed by atoms with E-state index in [0.717, 1.165) is 40.9 Å². The molecule has 1 saturated heterocycles. The monoisotopic (exact) mass is 482 g/mol. The van der Waals surface area contributed by atoms with Gasteiger partial charge in [-0.05, 0) is 53.5 Å². The van der Waals surface area contributed by atoms with Crippen LogP contribution in [0.3, 0.4) is 0 Å². The van der Waals surface area contributed by atoms with Crippen LogP contribution in [0, 0.1) is 11.3 Å². The largest absolute Gasteiger partial charge is 0.349 e. The number of hydrogen-bond acceptors (Lipinski definition) is 5. The van der Waals surface area contributed by atoms with Crippen LogP contribution in [0.5, 0.6) is 0 Å². The lowest BCUT2D eigenvalue weighted by molar-refractivity contribution is -0.136. The van der Waals surface area contributed by atoms with Gasteiger partial charge in [-0.25, -0.2) is 4.98 Å². The number of halogens is 1. The molecular formula is C26H31ClN4OS. The molecule has 1 amide bonds. The number of thiazole rings is 1. The summed E-state index contributed by atoms with van der Waals surface area (Å²) in [5.41, 5.74) is 3.11. The Balaban J connectivity index is 1.46. The quantitative estimate of drug-likeness (QED) is 0.445. The standard InChI is InChI=1S/C26H31ClN4OS/c1-17(2)23(30-25-29-22(15-33-25)19-6-5-12-28-14-19)24(32)31-13-11-21(26(3,4)16-31)18-7-9-20(27)10-8-18/h5-10,12,14-15,17,21,23H,11,13,16H2,1-4H3,(H,29,30)/t21?,23-/m1/s1. The Morgan fingerprint density at radius 2 is 2.00 bits per heavy atom. The third-order valence-corrected chi connectivity index (χ3v) is 7.51. The van der Waals surface area contributed by atoms with Crippen molar-refractivity contribution in [3.05, 3.63) is 64.8 Å². The molecule has 0 bridgehead atoms. The van der Waals surface area contributed by atoms with E-state index in [0.29, 0.717) is 5.92 Å². The fraction of sp³-hybridized carbons (Fsp3) is 0.423. The molecule has 0 aliphatic carbocycles. The van der Waals surface area contributed by atoms with E-state index in [9.17, 15) is 4.79 Å². The number of pyridine rings is 1. The number of nitrogens with one attached hydrogen (secondary N) is 1. The van der Waals surface area contributed by atoms with Crippen molar-refractivity contribution in [3.8, 4) is 11.3 Å². The summed E-state index contributed by atoms with van der Waals surface area (Å²) in [5.74, 6) is 0.677. The number of nitrogens with zero attached hydrogens (tertiary/aromatic N) is 3. The molecule has 1 N–H and O–H groups in total. The van der Waals surface area contributed by atoms with E-state index in [4.69, 9.17) is 16.6 Å². The Kier molecular flexibility index (Phi) is 7.05. The molecule has 3 aromatic rings. The van der Waals surface area contributed by atoms with E-state index in [1.165, 1.54) is 16.9 Å². The first-order valence-corrected chi connectivity index (χ1v) is 12.7. The van der Waals surface area contributed by atoms with Crippen molar-refractivity contribution in [2.45, 2.75) is 46.1 Å². The third-order valence-electron chi connectivity index (χ3n) is 6.49. The van der Waals surface area contributed by atoms with E-state index in [1.54, 1.807) is 12.4 Å². The molecule has 4 rings (SSSR count). The molecule has 3 heterocycles. The highest BCUT2D eigenvalue weighted by Crippen LogP contribution is 2.42. The Hall–Kier alpha value is -2.44. The normalized spacial score (nSPS) is 18.8. The Morgan fingerprint density at radius 3 is 2.64 bits per heavy atom. The average molecular weight is 483 g/mol. The van der Waals surface area contributed by atoms with Gasteiger partial charge < -0.3 is 10.2 Å². The average Bonchev–Trinajstić information content (AvgIpc) is 3.26. The highest BCUT2D eigenvalue weighted by Gasteiger charge is 2.40. The highest BCUT2D eigenvalue weighted by molar-refractivity contribution is 7.14. The third kappa shape index (κ3) is 5.39. The molecule has 0 saturated carbocycles. The summed E-state index contributed by atoms with van der Waals surface area (Å²) < 4.78 is 0. The minimum atomic E-state index is -0.319. The van der Waals surface area contributed by atoms with Gasteiger partial charge in [-0.2, -0.15) is 0 Å². The summed E-state index contributed by atoms with van der Waals surface area (Å²) >= 11 is 7.61. The molecule has 174 valence electrons. The lowest BCUT2D eigenvalue weighted by atomic mass is 9.70. The van der Waals surface area contributed by atoms with Crippen LogP contribution in [-0.4, -0.2) is 39.9 Å². The van der Waals surface area contributed by atoms with Crippen molar-refractivity contribution < 1.29 is 4.79 Å². The van der Waals surface area contributed by atoms with Crippen molar-refractivity contribution >= 4 is 34.0 Å². The van der Waals surface area contributed by atoms with E-state index in [2.05, 4.69) is 50.1 Å². The summed E-state index contributed by atoms with van der Waals surface area (Å²) in [6, 6.07) is 11.7. The van der Waals surface area contributed by atoms with Gasteiger partial charge in [0.1, 0.15) is 6.04 Å². The predicted octanol–water partition coefficient (Wildman–Crippen LogP) is 6.34. The van der Waals surface area contributed by atoms with Crippen LogP contribution in [0.2, 0.25) is 5.02 Å². The smallest absolute Gasteiger partial charge is 0.245 e. The van der Waals surface area contributed by atoms with Gasteiger partial charge in [0, 0.05) is 41.4 Å². The molecule has 1 aliphatic heterocycles. The maximum Gasteiger partial charge on any atom is 0.245 e. The zero-order valence-corrected chi connectivity index (χ0v) is 21.2. The van der Waals surface area contributed by atoms with Crippen molar-refractivity contribution in [2.75, 3.05) is 18.4 Å².